The van der Waals surface area contributed by atoms with E-state index in [1.54, 1.807) is 29.2 Å². The molecular weight excluding hydrogens is 504 g/mol. The first-order chi connectivity index (χ1) is 19.1. The standard InChI is InChI=1S/C34H25ClN2O2/c35-31-21-27(36-33(38)29-16-8-7-15-28(29)23-10-2-1-3-11-23)18-19-30(31)34(39)37-22-26-14-5-4-12-24(26)20-25-13-6-9-17-32(25)37/h1-19,21H,20,22H2,(H,36,38). The molecule has 6 rings (SSSR count). The van der Waals surface area contributed by atoms with E-state index in [-0.39, 0.29) is 16.8 Å². The molecule has 0 bridgehead atoms. The third-order valence-electron chi connectivity index (χ3n) is 7.07. The van der Waals surface area contributed by atoms with Crippen LogP contribution in [0.4, 0.5) is 11.4 Å². The molecule has 0 unspecified atom stereocenters. The number of para-hydroxylation sites is 1. The molecule has 0 aromatic heterocycles. The van der Waals surface area contributed by atoms with Crippen molar-refractivity contribution in [3.05, 3.63) is 154 Å². The number of nitrogens with one attached hydrogen (secondary N) is 1. The second-order valence-corrected chi connectivity index (χ2v) is 9.93. The second-order valence-electron chi connectivity index (χ2n) is 9.53. The zero-order valence-corrected chi connectivity index (χ0v) is 21.9. The molecule has 1 heterocycles. The smallest absolute Gasteiger partial charge is 0.260 e. The van der Waals surface area contributed by atoms with Crippen molar-refractivity contribution in [2.45, 2.75) is 13.0 Å². The van der Waals surface area contributed by atoms with Crippen molar-refractivity contribution in [2.24, 2.45) is 0 Å². The van der Waals surface area contributed by atoms with Gasteiger partial charge in [0.2, 0.25) is 0 Å². The molecule has 4 nitrogen and oxygen atoms in total. The number of anilines is 2. The molecule has 0 spiro atoms. The maximum atomic E-state index is 13.9. The van der Waals surface area contributed by atoms with Crippen LogP contribution in [0.25, 0.3) is 11.1 Å². The lowest BCUT2D eigenvalue weighted by Crippen LogP contribution is -2.30. The summed E-state index contributed by atoms with van der Waals surface area (Å²) in [6.45, 7) is 0.455. The highest BCUT2D eigenvalue weighted by Gasteiger charge is 2.26. The van der Waals surface area contributed by atoms with E-state index in [1.165, 1.54) is 5.56 Å². The monoisotopic (exact) mass is 528 g/mol. The van der Waals surface area contributed by atoms with Gasteiger partial charge in [-0.05, 0) is 64.6 Å². The third kappa shape index (κ3) is 4.95. The molecule has 2 amide bonds. The van der Waals surface area contributed by atoms with Gasteiger partial charge in [0.05, 0.1) is 17.1 Å². The van der Waals surface area contributed by atoms with Crippen molar-refractivity contribution >= 4 is 34.8 Å². The summed E-state index contributed by atoms with van der Waals surface area (Å²) in [7, 11) is 0. The molecule has 0 saturated carbocycles. The molecule has 0 saturated heterocycles. The van der Waals surface area contributed by atoms with Gasteiger partial charge in [0.1, 0.15) is 0 Å². The Balaban J connectivity index is 1.28. The molecule has 0 aliphatic carbocycles. The van der Waals surface area contributed by atoms with E-state index < -0.39 is 0 Å². The van der Waals surface area contributed by atoms with Crippen LogP contribution >= 0.6 is 11.6 Å². The Hall–Kier alpha value is -4.67. The number of halogens is 1. The largest absolute Gasteiger partial charge is 0.322 e. The van der Waals surface area contributed by atoms with E-state index in [4.69, 9.17) is 11.6 Å². The number of fused-ring (bicyclic) bond motifs is 2. The highest BCUT2D eigenvalue weighted by molar-refractivity contribution is 6.35. The van der Waals surface area contributed by atoms with E-state index in [2.05, 4.69) is 23.5 Å². The first-order valence-corrected chi connectivity index (χ1v) is 13.2. The SMILES string of the molecule is O=C(Nc1ccc(C(=O)N2Cc3ccccc3Cc3ccccc32)c(Cl)c1)c1ccccc1-c1ccccc1. The number of benzene rings is 5. The van der Waals surface area contributed by atoms with Crippen LogP contribution < -0.4 is 10.2 Å². The summed E-state index contributed by atoms with van der Waals surface area (Å²) in [5.41, 5.74) is 7.55. The minimum absolute atomic E-state index is 0.184. The number of carbonyl (C=O) groups excluding carboxylic acids is 2. The van der Waals surface area contributed by atoms with Crippen LogP contribution in [0.1, 0.15) is 37.4 Å². The first kappa shape index (κ1) is 24.7. The predicted octanol–water partition coefficient (Wildman–Crippen LogP) is 8.01. The highest BCUT2D eigenvalue weighted by atomic mass is 35.5. The van der Waals surface area contributed by atoms with Crippen LogP contribution in [-0.2, 0) is 13.0 Å². The summed E-state index contributed by atoms with van der Waals surface area (Å²) >= 11 is 6.67. The Morgan fingerprint density at radius 1 is 0.667 bits per heavy atom. The summed E-state index contributed by atoms with van der Waals surface area (Å²) < 4.78 is 0. The van der Waals surface area contributed by atoms with Gasteiger partial charge in [0.15, 0.2) is 0 Å². The lowest BCUT2D eigenvalue weighted by atomic mass is 9.99. The Bertz CT molecular complexity index is 1700. The molecule has 1 aliphatic rings. The fourth-order valence-corrected chi connectivity index (χ4v) is 5.37. The van der Waals surface area contributed by atoms with Gasteiger partial charge >= 0.3 is 0 Å². The summed E-state index contributed by atoms with van der Waals surface area (Å²) in [5, 5.41) is 3.23. The molecule has 5 heteroatoms. The number of hydrogen-bond donors (Lipinski definition) is 1. The van der Waals surface area contributed by atoms with Gasteiger partial charge in [0, 0.05) is 16.9 Å². The van der Waals surface area contributed by atoms with Gasteiger partial charge in [-0.1, -0.05) is 103 Å². The minimum atomic E-state index is -0.248. The molecule has 1 N–H and O–H groups in total. The van der Waals surface area contributed by atoms with Gasteiger partial charge < -0.3 is 10.2 Å². The maximum absolute atomic E-state index is 13.9. The molecule has 0 radical (unpaired) electrons. The number of nitrogens with zero attached hydrogens (tertiary/aromatic N) is 1. The zero-order valence-electron chi connectivity index (χ0n) is 21.1. The Kier molecular flexibility index (Phi) is 6.70. The Morgan fingerprint density at radius 3 is 2.13 bits per heavy atom. The summed E-state index contributed by atoms with van der Waals surface area (Å²) in [6, 6.07) is 38.5. The van der Waals surface area contributed by atoms with Crippen LogP contribution in [0, 0.1) is 0 Å². The second kappa shape index (κ2) is 10.6. The molecular formula is C34H25ClN2O2. The number of carbonyl (C=O) groups is 2. The van der Waals surface area contributed by atoms with Crippen molar-refractivity contribution in [3.63, 3.8) is 0 Å². The molecule has 5 aromatic carbocycles. The topological polar surface area (TPSA) is 49.4 Å². The summed E-state index contributed by atoms with van der Waals surface area (Å²) in [6.07, 6.45) is 0.763. The third-order valence-corrected chi connectivity index (χ3v) is 7.38. The Labute approximate surface area is 232 Å². The fourth-order valence-electron chi connectivity index (χ4n) is 5.11. The molecule has 190 valence electrons. The van der Waals surface area contributed by atoms with E-state index >= 15 is 0 Å². The number of rotatable bonds is 4. The fraction of sp³-hybridized carbons (Fsp3) is 0.0588. The normalized spacial score (nSPS) is 12.2. The Morgan fingerprint density at radius 2 is 1.33 bits per heavy atom. The summed E-state index contributed by atoms with van der Waals surface area (Å²) in [4.78, 5) is 28.9. The van der Waals surface area contributed by atoms with Gasteiger partial charge in [0.25, 0.3) is 11.8 Å². The van der Waals surface area contributed by atoms with Gasteiger partial charge in [-0.25, -0.2) is 0 Å². The van der Waals surface area contributed by atoms with Crippen molar-refractivity contribution in [3.8, 4) is 11.1 Å². The zero-order chi connectivity index (χ0) is 26.8. The maximum Gasteiger partial charge on any atom is 0.260 e. The number of hydrogen-bond acceptors (Lipinski definition) is 2. The van der Waals surface area contributed by atoms with Crippen LogP contribution in [0.15, 0.2) is 121 Å². The van der Waals surface area contributed by atoms with E-state index in [0.29, 0.717) is 23.4 Å². The quantitative estimate of drug-likeness (QED) is 0.257. The van der Waals surface area contributed by atoms with Crippen LogP contribution in [0.3, 0.4) is 0 Å². The highest BCUT2D eigenvalue weighted by Crippen LogP contribution is 2.33. The first-order valence-electron chi connectivity index (χ1n) is 12.8. The van der Waals surface area contributed by atoms with Gasteiger partial charge in [-0.3, -0.25) is 9.59 Å². The van der Waals surface area contributed by atoms with Crippen LogP contribution in [-0.4, -0.2) is 11.8 Å². The van der Waals surface area contributed by atoms with Crippen LogP contribution in [0.2, 0.25) is 5.02 Å². The summed E-state index contributed by atoms with van der Waals surface area (Å²) in [5.74, 6) is -0.431. The average molecular weight is 529 g/mol. The average Bonchev–Trinajstić information content (AvgIpc) is 3.14. The molecule has 1 aliphatic heterocycles. The van der Waals surface area contributed by atoms with E-state index in [0.717, 1.165) is 34.4 Å². The van der Waals surface area contributed by atoms with Crippen molar-refractivity contribution in [1.82, 2.24) is 0 Å². The molecule has 39 heavy (non-hydrogen) atoms. The van der Waals surface area contributed by atoms with Gasteiger partial charge in [-0.2, -0.15) is 0 Å². The van der Waals surface area contributed by atoms with Gasteiger partial charge in [-0.15, -0.1) is 0 Å². The lowest BCUT2D eigenvalue weighted by molar-refractivity contribution is 0.0984. The molecule has 0 fully saturated rings. The van der Waals surface area contributed by atoms with E-state index in [1.807, 2.05) is 78.9 Å². The predicted molar refractivity (Wildman–Crippen MR) is 157 cm³/mol. The van der Waals surface area contributed by atoms with Crippen molar-refractivity contribution in [2.75, 3.05) is 10.2 Å². The molecule has 5 aromatic rings. The van der Waals surface area contributed by atoms with E-state index in [9.17, 15) is 9.59 Å². The lowest BCUT2D eigenvalue weighted by Gasteiger charge is -2.24. The van der Waals surface area contributed by atoms with Crippen molar-refractivity contribution in [1.29, 1.82) is 0 Å². The minimum Gasteiger partial charge on any atom is -0.322 e. The molecule has 0 atom stereocenters. The van der Waals surface area contributed by atoms with Crippen LogP contribution in [0.5, 0.6) is 0 Å². The van der Waals surface area contributed by atoms with Crippen molar-refractivity contribution < 1.29 is 9.59 Å². The number of amides is 2.